The van der Waals surface area contributed by atoms with Crippen LogP contribution in [0.4, 0.5) is 17.1 Å². The third kappa shape index (κ3) is 6.09. The molecule has 0 aromatic heterocycles. The summed E-state index contributed by atoms with van der Waals surface area (Å²) in [4.78, 5) is 2.51. The summed E-state index contributed by atoms with van der Waals surface area (Å²) in [5, 5.41) is 0. The van der Waals surface area contributed by atoms with E-state index in [0.29, 0.717) is 0 Å². The molecule has 15 rings (SSSR count). The van der Waals surface area contributed by atoms with Gasteiger partial charge in [0, 0.05) is 17.1 Å². The van der Waals surface area contributed by atoms with Crippen LogP contribution >= 0.6 is 0 Å². The molecule has 0 atom stereocenters. The first-order valence-corrected chi connectivity index (χ1v) is 26.6. The Kier molecular flexibility index (Phi) is 9.99. The van der Waals surface area contributed by atoms with Crippen LogP contribution in [0.2, 0.25) is 0 Å². The summed E-state index contributed by atoms with van der Waals surface area (Å²) in [6.07, 6.45) is 0. The fourth-order valence-corrected chi connectivity index (χ4v) is 14.2. The monoisotopic (exact) mass is 965 g/mol. The lowest BCUT2D eigenvalue weighted by molar-refractivity contribution is 0.767. The molecule has 3 aliphatic rings. The fraction of sp³-hybridized carbons (Fsp3) is 0.0400. The van der Waals surface area contributed by atoms with E-state index in [1.165, 1.54) is 100 Å². The fourth-order valence-electron chi connectivity index (χ4n) is 14.2. The molecular formula is C75H51N. The van der Waals surface area contributed by atoms with Gasteiger partial charge in [-0.2, -0.15) is 0 Å². The van der Waals surface area contributed by atoms with Crippen molar-refractivity contribution < 1.29 is 0 Å². The van der Waals surface area contributed by atoms with Gasteiger partial charge in [0.15, 0.2) is 0 Å². The van der Waals surface area contributed by atoms with Gasteiger partial charge >= 0.3 is 0 Å². The predicted molar refractivity (Wildman–Crippen MR) is 313 cm³/mol. The zero-order valence-electron chi connectivity index (χ0n) is 41.9. The molecule has 1 nitrogen and oxygen atoms in total. The van der Waals surface area contributed by atoms with E-state index in [9.17, 15) is 0 Å². The largest absolute Gasteiger partial charge is 0.310 e. The lowest BCUT2D eigenvalue weighted by Crippen LogP contribution is -2.29. The third-order valence-corrected chi connectivity index (χ3v) is 17.1. The van der Waals surface area contributed by atoms with Crippen molar-refractivity contribution in [2.45, 2.75) is 16.2 Å². The van der Waals surface area contributed by atoms with Gasteiger partial charge in [0.25, 0.3) is 0 Å². The minimum absolute atomic E-state index is 0.511. The van der Waals surface area contributed by atoms with Crippen LogP contribution in [0.3, 0.4) is 0 Å². The number of benzene rings is 12. The van der Waals surface area contributed by atoms with Crippen LogP contribution in [-0.4, -0.2) is 0 Å². The molecule has 0 N–H and O–H groups in total. The zero-order chi connectivity index (χ0) is 50.3. The smallest absolute Gasteiger partial charge is 0.0714 e. The molecule has 3 aliphatic carbocycles. The van der Waals surface area contributed by atoms with E-state index in [0.717, 1.165) is 17.1 Å². The number of anilines is 3. The molecule has 0 heterocycles. The van der Waals surface area contributed by atoms with Crippen LogP contribution in [-0.2, 0) is 16.2 Å². The molecule has 12 aromatic carbocycles. The maximum Gasteiger partial charge on any atom is 0.0714 e. The summed E-state index contributed by atoms with van der Waals surface area (Å²) in [5.74, 6) is 0. The Labute approximate surface area is 445 Å². The first-order valence-electron chi connectivity index (χ1n) is 26.6. The molecule has 0 amide bonds. The molecule has 0 bridgehead atoms. The van der Waals surface area contributed by atoms with Gasteiger partial charge in [-0.3, -0.25) is 0 Å². The van der Waals surface area contributed by atoms with Crippen molar-refractivity contribution in [1.82, 2.24) is 0 Å². The highest BCUT2D eigenvalue weighted by Gasteiger charge is 2.49. The van der Waals surface area contributed by atoms with E-state index in [2.05, 4.69) is 314 Å². The molecule has 0 saturated carbocycles. The van der Waals surface area contributed by atoms with E-state index < -0.39 is 16.2 Å². The van der Waals surface area contributed by atoms with Crippen molar-refractivity contribution in [2.24, 2.45) is 0 Å². The van der Waals surface area contributed by atoms with E-state index in [-0.39, 0.29) is 0 Å². The highest BCUT2D eigenvalue weighted by atomic mass is 15.1. The second-order valence-electron chi connectivity index (χ2n) is 20.6. The minimum Gasteiger partial charge on any atom is -0.310 e. The van der Waals surface area contributed by atoms with Crippen LogP contribution in [0.25, 0.3) is 33.4 Å². The maximum absolute atomic E-state index is 2.51. The van der Waals surface area contributed by atoms with Gasteiger partial charge < -0.3 is 4.90 Å². The van der Waals surface area contributed by atoms with Crippen molar-refractivity contribution in [1.29, 1.82) is 0 Å². The van der Waals surface area contributed by atoms with Crippen molar-refractivity contribution in [3.05, 3.63) is 376 Å². The predicted octanol–water partition coefficient (Wildman–Crippen LogP) is 18.2. The Hall–Kier alpha value is -9.56. The second kappa shape index (κ2) is 17.3. The van der Waals surface area contributed by atoms with E-state index in [1.807, 2.05) is 0 Å². The molecule has 0 radical (unpaired) electrons. The van der Waals surface area contributed by atoms with Crippen molar-refractivity contribution in [3.8, 4) is 33.4 Å². The molecule has 12 aromatic rings. The average Bonchev–Trinajstić information content (AvgIpc) is 4.27. The number of nitrogens with zero attached hydrogens (tertiary/aromatic N) is 1. The Bertz CT molecular complexity index is 4020. The molecule has 356 valence electrons. The van der Waals surface area contributed by atoms with Crippen molar-refractivity contribution >= 4 is 17.1 Å². The van der Waals surface area contributed by atoms with Gasteiger partial charge in [-0.05, 0) is 137 Å². The van der Waals surface area contributed by atoms with E-state index in [4.69, 9.17) is 0 Å². The number of rotatable bonds is 9. The van der Waals surface area contributed by atoms with Gasteiger partial charge in [0.1, 0.15) is 0 Å². The standard InChI is InChI=1S/C75H51N/c1-6-24-52(25-7-1)73(53-26-8-2-9-27-53)70-41-23-19-37-64(70)66-50-59(47-49-71(66)73)76(58-44-42-57(43-45-58)74(54-28-10-3-11-29-54)67-38-20-16-34-61(67)62-35-17-21-39-68(62)74)60-46-48-65-63-36-18-22-40-69(63)75(72(65)51-60,55-30-12-4-13-31-55)56-32-14-5-15-33-56/h1-51H. The molecule has 0 unspecified atom stereocenters. The van der Waals surface area contributed by atoms with Gasteiger partial charge in [-0.25, -0.2) is 0 Å². The maximum atomic E-state index is 2.51. The van der Waals surface area contributed by atoms with E-state index in [1.54, 1.807) is 0 Å². The lowest BCUT2D eigenvalue weighted by atomic mass is 9.67. The Balaban J connectivity index is 0.987. The van der Waals surface area contributed by atoms with E-state index >= 15 is 0 Å². The van der Waals surface area contributed by atoms with Gasteiger partial charge in [-0.15, -0.1) is 0 Å². The SMILES string of the molecule is c1ccc(C2(c3ccc(N(c4ccc5c(c4)-c4ccccc4C5(c4ccccc4)c4ccccc4)c4ccc5c(c4)C(c4ccccc4)(c4ccccc4)c4ccccc4-5)cc3)c3ccccc3-c3ccccc32)cc1. The quantitative estimate of drug-likeness (QED) is 0.139. The molecule has 1 heteroatoms. The normalized spacial score (nSPS) is 14.4. The second-order valence-corrected chi connectivity index (χ2v) is 20.6. The summed E-state index contributed by atoms with van der Waals surface area (Å²) in [5.41, 5.74) is 24.5. The Morgan fingerprint density at radius 1 is 0.171 bits per heavy atom. The lowest BCUT2D eigenvalue weighted by Gasteiger charge is -2.36. The summed E-state index contributed by atoms with van der Waals surface area (Å²) >= 11 is 0. The Morgan fingerprint density at radius 3 is 0.829 bits per heavy atom. The van der Waals surface area contributed by atoms with Crippen molar-refractivity contribution in [3.63, 3.8) is 0 Å². The molecule has 0 fully saturated rings. The van der Waals surface area contributed by atoms with Crippen LogP contribution in [0.1, 0.15) is 66.8 Å². The van der Waals surface area contributed by atoms with Crippen LogP contribution in [0.15, 0.2) is 309 Å². The first-order chi connectivity index (χ1) is 37.7. The average molecular weight is 966 g/mol. The Morgan fingerprint density at radius 2 is 0.434 bits per heavy atom. The van der Waals surface area contributed by atoms with Crippen LogP contribution in [0.5, 0.6) is 0 Å². The van der Waals surface area contributed by atoms with Gasteiger partial charge in [0.2, 0.25) is 0 Å². The number of hydrogen-bond donors (Lipinski definition) is 0. The molecular weight excluding hydrogens is 915 g/mol. The summed E-state index contributed by atoms with van der Waals surface area (Å²) in [7, 11) is 0. The topological polar surface area (TPSA) is 3.24 Å². The molecule has 76 heavy (non-hydrogen) atoms. The molecule has 0 aliphatic heterocycles. The molecule has 0 saturated heterocycles. The summed E-state index contributed by atoms with van der Waals surface area (Å²) in [6, 6.07) is 116. The summed E-state index contributed by atoms with van der Waals surface area (Å²) in [6.45, 7) is 0. The first kappa shape index (κ1) is 44.0. The van der Waals surface area contributed by atoms with Gasteiger partial charge in [-0.1, -0.05) is 273 Å². The number of fused-ring (bicyclic) bond motifs is 9. The minimum atomic E-state index is -0.562. The van der Waals surface area contributed by atoms with Crippen LogP contribution < -0.4 is 4.90 Å². The van der Waals surface area contributed by atoms with Gasteiger partial charge in [0.05, 0.1) is 16.2 Å². The highest BCUT2D eigenvalue weighted by molar-refractivity contribution is 5.93. The highest BCUT2D eigenvalue weighted by Crippen LogP contribution is 2.61. The third-order valence-electron chi connectivity index (χ3n) is 17.1. The van der Waals surface area contributed by atoms with Crippen molar-refractivity contribution in [2.75, 3.05) is 4.90 Å². The zero-order valence-corrected chi connectivity index (χ0v) is 41.9. The molecule has 0 spiro atoms. The van der Waals surface area contributed by atoms with Crippen LogP contribution in [0, 0.1) is 0 Å². The summed E-state index contributed by atoms with van der Waals surface area (Å²) < 4.78 is 0. The number of hydrogen-bond acceptors (Lipinski definition) is 1.